The van der Waals surface area contributed by atoms with Crippen LogP contribution >= 0.6 is 22.9 Å². The summed E-state index contributed by atoms with van der Waals surface area (Å²) in [5.41, 5.74) is 0. The van der Waals surface area contributed by atoms with Crippen molar-refractivity contribution in [2.24, 2.45) is 0 Å². The number of halogens is 1. The summed E-state index contributed by atoms with van der Waals surface area (Å²) < 4.78 is 26.2. The third kappa shape index (κ3) is 2.79. The highest BCUT2D eigenvalue weighted by molar-refractivity contribution is 7.94. The van der Waals surface area contributed by atoms with Crippen LogP contribution in [0.2, 0.25) is 5.02 Å². The first kappa shape index (κ1) is 12.8. The van der Waals surface area contributed by atoms with E-state index < -0.39 is 10.0 Å². The van der Waals surface area contributed by atoms with E-state index in [-0.39, 0.29) is 10.0 Å². The van der Waals surface area contributed by atoms with Gasteiger partial charge in [-0.15, -0.1) is 11.3 Å². The van der Waals surface area contributed by atoms with Gasteiger partial charge < -0.3 is 0 Å². The fourth-order valence-corrected chi connectivity index (χ4v) is 3.44. The molecule has 1 N–H and O–H groups in total. The van der Waals surface area contributed by atoms with Crippen LogP contribution in [-0.2, 0) is 10.0 Å². The van der Waals surface area contributed by atoms with Gasteiger partial charge in [-0.05, 0) is 18.2 Å². The van der Waals surface area contributed by atoms with Gasteiger partial charge in [0.25, 0.3) is 10.0 Å². The van der Waals surface area contributed by atoms with Crippen LogP contribution in [0.15, 0.2) is 34.7 Å². The Hall–Kier alpha value is -1.62. The molecular formula is C10H6ClN3O2S2. The molecule has 0 fully saturated rings. The van der Waals surface area contributed by atoms with Gasteiger partial charge in [0.15, 0.2) is 0 Å². The topological polar surface area (TPSA) is 82.8 Å². The molecule has 2 aromatic heterocycles. The third-order valence-electron chi connectivity index (χ3n) is 1.92. The molecule has 2 rings (SSSR count). The maximum atomic E-state index is 11.9. The summed E-state index contributed by atoms with van der Waals surface area (Å²) in [7, 11) is -3.72. The molecule has 0 unspecified atom stereocenters. The number of anilines is 1. The van der Waals surface area contributed by atoms with Gasteiger partial charge in [-0.2, -0.15) is 5.26 Å². The number of nitrogens with zero attached hydrogens (tertiary/aromatic N) is 2. The van der Waals surface area contributed by atoms with Crippen molar-refractivity contribution in [1.29, 1.82) is 5.26 Å². The zero-order valence-electron chi connectivity index (χ0n) is 8.79. The number of aromatic nitrogens is 1. The van der Waals surface area contributed by atoms with Gasteiger partial charge in [0.05, 0.1) is 0 Å². The number of rotatable bonds is 3. The molecule has 92 valence electrons. The van der Waals surface area contributed by atoms with Crippen LogP contribution in [0.3, 0.4) is 0 Å². The van der Waals surface area contributed by atoms with Crippen LogP contribution in [0, 0.1) is 11.3 Å². The summed E-state index contributed by atoms with van der Waals surface area (Å²) in [6.45, 7) is 0. The van der Waals surface area contributed by atoms with Crippen molar-refractivity contribution in [2.75, 3.05) is 4.72 Å². The standard InChI is InChI=1S/C10H6ClN3O2S2/c11-7-3-4-13-9(5-7)14-18(15,16)10-2-1-8(6-12)17-10/h1-5H,(H,13,14). The predicted molar refractivity (Wildman–Crippen MR) is 69.1 cm³/mol. The van der Waals surface area contributed by atoms with Gasteiger partial charge in [-0.25, -0.2) is 13.4 Å². The van der Waals surface area contributed by atoms with E-state index in [0.717, 1.165) is 11.3 Å². The lowest BCUT2D eigenvalue weighted by atomic mass is 10.5. The number of thiophene rings is 1. The van der Waals surface area contributed by atoms with Crippen LogP contribution in [0.4, 0.5) is 5.82 Å². The zero-order chi connectivity index (χ0) is 13.2. The van der Waals surface area contributed by atoms with E-state index in [0.29, 0.717) is 9.90 Å². The van der Waals surface area contributed by atoms with Gasteiger partial charge >= 0.3 is 0 Å². The number of hydrogen-bond donors (Lipinski definition) is 1. The van der Waals surface area contributed by atoms with Crippen molar-refractivity contribution >= 4 is 38.8 Å². The minimum Gasteiger partial charge on any atom is -0.263 e. The number of pyridine rings is 1. The van der Waals surface area contributed by atoms with E-state index in [1.165, 1.54) is 30.5 Å². The third-order valence-corrected chi connectivity index (χ3v) is 4.99. The van der Waals surface area contributed by atoms with Gasteiger partial charge in [0.2, 0.25) is 0 Å². The molecule has 0 saturated heterocycles. The highest BCUT2D eigenvalue weighted by atomic mass is 35.5. The van der Waals surface area contributed by atoms with Crippen LogP contribution in [0.25, 0.3) is 0 Å². The van der Waals surface area contributed by atoms with Crippen molar-refractivity contribution in [3.05, 3.63) is 40.4 Å². The summed E-state index contributed by atoms with van der Waals surface area (Å²) >= 11 is 6.62. The van der Waals surface area contributed by atoms with Crippen LogP contribution < -0.4 is 4.72 Å². The molecule has 0 amide bonds. The fourth-order valence-electron chi connectivity index (χ4n) is 1.17. The Morgan fingerprint density at radius 3 is 2.78 bits per heavy atom. The molecule has 2 aromatic rings. The molecule has 8 heteroatoms. The molecule has 0 aliphatic rings. The molecule has 0 aliphatic carbocycles. The van der Waals surface area contributed by atoms with Gasteiger partial charge in [0, 0.05) is 17.3 Å². The lowest BCUT2D eigenvalue weighted by Crippen LogP contribution is -2.12. The predicted octanol–water partition coefficient (Wildman–Crippen LogP) is 2.47. The first-order valence-corrected chi connectivity index (χ1v) is 7.33. The molecule has 0 aromatic carbocycles. The Morgan fingerprint density at radius 1 is 1.39 bits per heavy atom. The lowest BCUT2D eigenvalue weighted by molar-refractivity contribution is 0.603. The zero-order valence-corrected chi connectivity index (χ0v) is 11.2. The van der Waals surface area contributed by atoms with E-state index >= 15 is 0 Å². The Balaban J connectivity index is 2.30. The lowest BCUT2D eigenvalue weighted by Gasteiger charge is -2.04. The second kappa shape index (κ2) is 4.94. The first-order valence-electron chi connectivity index (χ1n) is 4.65. The normalized spacial score (nSPS) is 10.9. The number of hydrogen-bond acceptors (Lipinski definition) is 5. The highest BCUT2D eigenvalue weighted by Crippen LogP contribution is 2.23. The molecule has 5 nitrogen and oxygen atoms in total. The Bertz CT molecular complexity index is 719. The maximum absolute atomic E-state index is 11.9. The number of nitrogens with one attached hydrogen (secondary N) is 1. The minimum atomic E-state index is -3.72. The van der Waals surface area contributed by atoms with E-state index in [4.69, 9.17) is 16.9 Å². The van der Waals surface area contributed by atoms with Crippen LogP contribution in [-0.4, -0.2) is 13.4 Å². The summed E-state index contributed by atoms with van der Waals surface area (Å²) in [5, 5.41) is 9.04. The first-order chi connectivity index (χ1) is 8.51. The van der Waals surface area contributed by atoms with Crippen LogP contribution in [0.5, 0.6) is 0 Å². The molecule has 0 saturated carbocycles. The number of nitriles is 1. The van der Waals surface area contributed by atoms with Gasteiger partial charge in [-0.3, -0.25) is 4.72 Å². The molecule has 0 atom stereocenters. The average Bonchev–Trinajstić information content (AvgIpc) is 2.77. The van der Waals surface area contributed by atoms with Crippen molar-refractivity contribution < 1.29 is 8.42 Å². The van der Waals surface area contributed by atoms with Gasteiger partial charge in [-0.1, -0.05) is 11.6 Å². The minimum absolute atomic E-state index is 0.0563. The van der Waals surface area contributed by atoms with Gasteiger partial charge in [0.1, 0.15) is 21.0 Å². The molecule has 0 bridgehead atoms. The molecular weight excluding hydrogens is 294 g/mol. The second-order valence-electron chi connectivity index (χ2n) is 3.20. The van der Waals surface area contributed by atoms with E-state index in [1.54, 1.807) is 0 Å². The van der Waals surface area contributed by atoms with E-state index in [1.807, 2.05) is 6.07 Å². The summed E-state index contributed by atoms with van der Waals surface area (Å²) in [5.74, 6) is 0.134. The van der Waals surface area contributed by atoms with E-state index in [2.05, 4.69) is 9.71 Å². The van der Waals surface area contributed by atoms with Crippen molar-refractivity contribution in [3.63, 3.8) is 0 Å². The van der Waals surface area contributed by atoms with Crippen molar-refractivity contribution in [2.45, 2.75) is 4.21 Å². The number of sulfonamides is 1. The maximum Gasteiger partial charge on any atom is 0.272 e. The largest absolute Gasteiger partial charge is 0.272 e. The monoisotopic (exact) mass is 299 g/mol. The molecule has 18 heavy (non-hydrogen) atoms. The molecule has 0 aliphatic heterocycles. The molecule has 0 radical (unpaired) electrons. The summed E-state index contributed by atoms with van der Waals surface area (Å²) in [6.07, 6.45) is 1.40. The van der Waals surface area contributed by atoms with E-state index in [9.17, 15) is 8.42 Å². The highest BCUT2D eigenvalue weighted by Gasteiger charge is 2.17. The quantitative estimate of drug-likeness (QED) is 0.943. The molecule has 0 spiro atoms. The van der Waals surface area contributed by atoms with Crippen molar-refractivity contribution in [1.82, 2.24) is 4.98 Å². The summed E-state index contributed by atoms with van der Waals surface area (Å²) in [4.78, 5) is 4.17. The average molecular weight is 300 g/mol. The fraction of sp³-hybridized carbons (Fsp3) is 0. The van der Waals surface area contributed by atoms with Crippen LogP contribution in [0.1, 0.15) is 4.88 Å². The SMILES string of the molecule is N#Cc1ccc(S(=O)(=O)Nc2cc(Cl)ccn2)s1. The Morgan fingerprint density at radius 2 is 2.17 bits per heavy atom. The second-order valence-corrected chi connectivity index (χ2v) is 6.62. The van der Waals surface area contributed by atoms with Crippen molar-refractivity contribution in [3.8, 4) is 6.07 Å². The smallest absolute Gasteiger partial charge is 0.263 e. The summed E-state index contributed by atoms with van der Waals surface area (Å²) in [6, 6.07) is 7.64. The Kier molecular flexibility index (Phi) is 3.52. The molecule has 2 heterocycles. The Labute approximate surface area is 113 Å².